The molecule has 0 bridgehead atoms. The van der Waals surface area contributed by atoms with Gasteiger partial charge in [-0.2, -0.15) is 10.2 Å². The highest BCUT2D eigenvalue weighted by Crippen LogP contribution is 2.40. The molecule has 1 N–H and O–H groups in total. The van der Waals surface area contributed by atoms with Crippen LogP contribution in [0.3, 0.4) is 0 Å². The fourth-order valence-electron chi connectivity index (χ4n) is 4.19. The highest BCUT2D eigenvalue weighted by atomic mass is 19.1. The van der Waals surface area contributed by atoms with Crippen LogP contribution in [0, 0.1) is 18.7 Å². The van der Waals surface area contributed by atoms with Gasteiger partial charge in [0.15, 0.2) is 5.65 Å². The summed E-state index contributed by atoms with van der Waals surface area (Å²) in [4.78, 5) is 8.85. The minimum atomic E-state index is -0.364. The molecular weight excluding hydrogens is 371 g/mol. The number of methoxy groups -OCH3 is 1. The smallest absolute Gasteiger partial charge is 0.155 e. The summed E-state index contributed by atoms with van der Waals surface area (Å²) in [6, 6.07) is 5.16. The van der Waals surface area contributed by atoms with Crippen molar-refractivity contribution in [3.8, 4) is 22.5 Å². The number of hydrogen-bond acceptors (Lipinski definition) is 5. The van der Waals surface area contributed by atoms with Gasteiger partial charge in [-0.25, -0.2) is 9.37 Å². The number of nitrogens with zero attached hydrogens (tertiary/aromatic N) is 5. The summed E-state index contributed by atoms with van der Waals surface area (Å²) < 4.78 is 20.9. The molecule has 7 nitrogen and oxygen atoms in total. The number of aryl methyl sites for hydroxylation is 1. The molecule has 1 aliphatic heterocycles. The predicted molar refractivity (Wildman–Crippen MR) is 107 cm³/mol. The van der Waals surface area contributed by atoms with Gasteiger partial charge >= 0.3 is 0 Å². The Hall–Kier alpha value is -3.13. The summed E-state index contributed by atoms with van der Waals surface area (Å²) in [5.41, 5.74) is 6.25. The normalized spacial score (nSPS) is 16.3. The summed E-state index contributed by atoms with van der Waals surface area (Å²) in [6.07, 6.45) is 4.94. The monoisotopic (exact) mass is 392 g/mol. The Labute approximate surface area is 166 Å². The Balaban J connectivity index is 1.75. The average Bonchev–Trinajstić information content (AvgIpc) is 3.32. The Kier molecular flexibility index (Phi) is 4.35. The zero-order valence-corrected chi connectivity index (χ0v) is 16.3. The summed E-state index contributed by atoms with van der Waals surface area (Å²) in [6.45, 7) is 3.46. The maximum absolute atomic E-state index is 13.5. The molecule has 0 aliphatic carbocycles. The molecule has 5 rings (SSSR count). The largest absolute Gasteiger partial charge is 0.384 e. The topological polar surface area (TPSA) is 81.5 Å². The van der Waals surface area contributed by atoms with Crippen LogP contribution in [0.15, 0.2) is 30.6 Å². The number of hydrogen-bond donors (Lipinski definition) is 1. The van der Waals surface area contributed by atoms with E-state index in [4.69, 9.17) is 9.84 Å². The molecule has 0 radical (unpaired) electrons. The van der Waals surface area contributed by atoms with Crippen LogP contribution in [0.1, 0.15) is 17.8 Å². The number of fused-ring (bicyclic) bond motifs is 2. The number of aromatic amines is 1. The van der Waals surface area contributed by atoms with Crippen LogP contribution in [0.25, 0.3) is 33.5 Å². The Morgan fingerprint density at radius 2 is 2.21 bits per heavy atom. The van der Waals surface area contributed by atoms with E-state index < -0.39 is 0 Å². The molecule has 29 heavy (non-hydrogen) atoms. The molecule has 4 aromatic heterocycles. The molecule has 0 spiro atoms. The summed E-state index contributed by atoms with van der Waals surface area (Å²) >= 11 is 0. The van der Waals surface area contributed by atoms with E-state index in [1.807, 2.05) is 6.92 Å². The zero-order chi connectivity index (χ0) is 20.0. The molecule has 0 aromatic carbocycles. The number of rotatable bonds is 4. The lowest BCUT2D eigenvalue weighted by molar-refractivity contribution is 0.129. The highest BCUT2D eigenvalue weighted by molar-refractivity contribution is 5.97. The molecule has 0 fully saturated rings. The quantitative estimate of drug-likeness (QED) is 0.574. The number of halogens is 1. The van der Waals surface area contributed by atoms with Crippen LogP contribution in [0.4, 0.5) is 4.39 Å². The third kappa shape index (κ3) is 3.09. The minimum Gasteiger partial charge on any atom is -0.384 e. The maximum Gasteiger partial charge on any atom is 0.155 e. The van der Waals surface area contributed by atoms with E-state index in [9.17, 15) is 4.39 Å². The molecule has 0 amide bonds. The van der Waals surface area contributed by atoms with Crippen LogP contribution in [-0.4, -0.2) is 43.7 Å². The van der Waals surface area contributed by atoms with Crippen LogP contribution in [0.2, 0.25) is 0 Å². The first-order valence-electron chi connectivity index (χ1n) is 9.65. The van der Waals surface area contributed by atoms with E-state index in [0.717, 1.165) is 58.6 Å². The number of aromatic nitrogens is 6. The van der Waals surface area contributed by atoms with E-state index in [0.29, 0.717) is 18.2 Å². The van der Waals surface area contributed by atoms with Crippen LogP contribution >= 0.6 is 0 Å². The van der Waals surface area contributed by atoms with Gasteiger partial charge in [0.05, 0.1) is 24.7 Å². The van der Waals surface area contributed by atoms with Crippen LogP contribution in [-0.2, 0) is 17.7 Å². The van der Waals surface area contributed by atoms with Gasteiger partial charge in [-0.1, -0.05) is 0 Å². The van der Waals surface area contributed by atoms with E-state index in [-0.39, 0.29) is 5.82 Å². The number of nitrogens with one attached hydrogen (secondary N) is 1. The van der Waals surface area contributed by atoms with Gasteiger partial charge < -0.3 is 4.74 Å². The summed E-state index contributed by atoms with van der Waals surface area (Å²) in [5, 5.41) is 13.0. The fourth-order valence-corrected chi connectivity index (χ4v) is 4.19. The maximum atomic E-state index is 13.5. The Morgan fingerprint density at radius 3 is 3.00 bits per heavy atom. The summed E-state index contributed by atoms with van der Waals surface area (Å²) in [5.74, 6) is 0.0545. The number of pyridine rings is 2. The zero-order valence-electron chi connectivity index (χ0n) is 16.3. The second kappa shape index (κ2) is 7.04. The molecule has 0 saturated heterocycles. The summed E-state index contributed by atoms with van der Waals surface area (Å²) in [7, 11) is 1.73. The fraction of sp³-hybridized carbons (Fsp3) is 0.333. The van der Waals surface area contributed by atoms with Crippen molar-refractivity contribution < 1.29 is 9.13 Å². The van der Waals surface area contributed by atoms with Crippen molar-refractivity contribution in [2.75, 3.05) is 13.7 Å². The molecule has 0 saturated carbocycles. The van der Waals surface area contributed by atoms with Crippen molar-refractivity contribution in [3.05, 3.63) is 47.8 Å². The van der Waals surface area contributed by atoms with E-state index >= 15 is 0 Å². The first-order chi connectivity index (χ1) is 14.1. The van der Waals surface area contributed by atoms with Gasteiger partial charge in [-0.3, -0.25) is 14.8 Å². The highest BCUT2D eigenvalue weighted by Gasteiger charge is 2.28. The van der Waals surface area contributed by atoms with Gasteiger partial charge in [-0.15, -0.1) is 0 Å². The van der Waals surface area contributed by atoms with Gasteiger partial charge in [0.2, 0.25) is 0 Å². The van der Waals surface area contributed by atoms with Gasteiger partial charge in [0.25, 0.3) is 0 Å². The number of H-pyrrole nitrogens is 1. The van der Waals surface area contributed by atoms with Gasteiger partial charge in [-0.05, 0) is 38.0 Å². The second-order valence-corrected chi connectivity index (χ2v) is 7.52. The standard InChI is InChI=1S/C21H21FN6O/c1-12-7-15(16-9-24-26-21(16)25-12)19-18-6-3-13(11-29-2)10-28(18)27-20(19)17-5-4-14(22)8-23-17/h4-5,7-9,13H,3,6,10-11H2,1-2H3,(H,24,25,26). The van der Waals surface area contributed by atoms with Gasteiger partial charge in [0, 0.05) is 47.5 Å². The Morgan fingerprint density at radius 1 is 1.31 bits per heavy atom. The average molecular weight is 392 g/mol. The minimum absolute atomic E-state index is 0.364. The van der Waals surface area contributed by atoms with Crippen molar-refractivity contribution in [1.82, 2.24) is 29.9 Å². The lowest BCUT2D eigenvalue weighted by Crippen LogP contribution is -2.24. The van der Waals surface area contributed by atoms with Crippen molar-refractivity contribution in [2.45, 2.75) is 26.3 Å². The molecular formula is C21H21FN6O. The van der Waals surface area contributed by atoms with E-state index in [1.165, 1.54) is 12.3 Å². The van der Waals surface area contributed by atoms with Crippen molar-refractivity contribution in [1.29, 1.82) is 0 Å². The van der Waals surface area contributed by atoms with Gasteiger partial charge in [0.1, 0.15) is 11.5 Å². The van der Waals surface area contributed by atoms with Crippen molar-refractivity contribution in [3.63, 3.8) is 0 Å². The lowest BCUT2D eigenvalue weighted by atomic mass is 9.92. The molecule has 1 unspecified atom stereocenters. The number of ether oxygens (including phenoxy) is 1. The van der Waals surface area contributed by atoms with Crippen molar-refractivity contribution in [2.24, 2.45) is 5.92 Å². The van der Waals surface area contributed by atoms with Crippen LogP contribution < -0.4 is 0 Å². The Bertz CT molecular complexity index is 1180. The van der Waals surface area contributed by atoms with Crippen molar-refractivity contribution >= 4 is 11.0 Å². The first-order valence-corrected chi connectivity index (χ1v) is 9.65. The van der Waals surface area contributed by atoms with E-state index in [2.05, 4.69) is 30.9 Å². The molecule has 1 atom stereocenters. The van der Waals surface area contributed by atoms with Crippen LogP contribution in [0.5, 0.6) is 0 Å². The first kappa shape index (κ1) is 17.9. The second-order valence-electron chi connectivity index (χ2n) is 7.52. The molecule has 148 valence electrons. The third-order valence-electron chi connectivity index (χ3n) is 5.47. The molecule has 8 heteroatoms. The molecule has 1 aliphatic rings. The van der Waals surface area contributed by atoms with E-state index in [1.54, 1.807) is 19.4 Å². The lowest BCUT2D eigenvalue weighted by Gasteiger charge is -2.23. The molecule has 5 heterocycles. The molecule has 4 aromatic rings. The predicted octanol–water partition coefficient (Wildman–Crippen LogP) is 3.54. The SMILES string of the molecule is COCC1CCc2c(-c3cc(C)nc4[nH]ncc34)c(-c3ccc(F)cn3)nn2C1. The third-order valence-corrected chi connectivity index (χ3v) is 5.47.